The van der Waals surface area contributed by atoms with Crippen molar-refractivity contribution in [1.29, 1.82) is 0 Å². The third-order valence-electron chi connectivity index (χ3n) is 6.63. The molecule has 1 aromatic carbocycles. The standard InChI is InChI=1S/C31H47N3O3/c1-24(2)19-30(3,4)22-36-23-31(5,6)21-34-20-26-18-27(13-11-25(26)12-14-29(34)35)37-17-9-16-33-28-10-7-8-15-32-28/h7-8,10-11,13,15,18,24H,9,12,14,16-17,19-23H2,1-6H3,(H,32,33). The minimum Gasteiger partial charge on any atom is -0.494 e. The molecular formula is C31H47N3O3. The number of hydrogen-bond donors (Lipinski definition) is 1. The number of rotatable bonds is 14. The van der Waals surface area contributed by atoms with Gasteiger partial charge in [0.15, 0.2) is 0 Å². The Balaban J connectivity index is 1.51. The van der Waals surface area contributed by atoms with E-state index in [2.05, 4.69) is 64.0 Å². The fourth-order valence-corrected chi connectivity index (χ4v) is 5.20. The van der Waals surface area contributed by atoms with Crippen LogP contribution in [0.2, 0.25) is 0 Å². The van der Waals surface area contributed by atoms with Crippen molar-refractivity contribution < 1.29 is 14.3 Å². The lowest BCUT2D eigenvalue weighted by Gasteiger charge is -2.34. The van der Waals surface area contributed by atoms with Crippen LogP contribution in [0.4, 0.5) is 5.82 Å². The van der Waals surface area contributed by atoms with Crippen LogP contribution in [0.15, 0.2) is 42.6 Å². The van der Waals surface area contributed by atoms with E-state index in [0.29, 0.717) is 38.6 Å². The molecule has 1 aromatic heterocycles. The first kappa shape index (κ1) is 29.0. The summed E-state index contributed by atoms with van der Waals surface area (Å²) in [6, 6.07) is 12.1. The Hall–Kier alpha value is -2.60. The molecular weight excluding hydrogens is 462 g/mol. The lowest BCUT2D eigenvalue weighted by molar-refractivity contribution is -0.133. The number of nitrogens with zero attached hydrogens (tertiary/aromatic N) is 2. The van der Waals surface area contributed by atoms with Gasteiger partial charge in [-0.1, -0.05) is 53.7 Å². The summed E-state index contributed by atoms with van der Waals surface area (Å²) in [6.45, 7) is 17.5. The van der Waals surface area contributed by atoms with E-state index in [1.807, 2.05) is 29.2 Å². The van der Waals surface area contributed by atoms with Crippen LogP contribution in [0, 0.1) is 16.7 Å². The molecule has 0 saturated carbocycles. The minimum absolute atomic E-state index is 0.122. The quantitative estimate of drug-likeness (QED) is 0.301. The molecule has 1 N–H and O–H groups in total. The number of fused-ring (bicyclic) bond motifs is 1. The summed E-state index contributed by atoms with van der Waals surface area (Å²) in [4.78, 5) is 19.3. The van der Waals surface area contributed by atoms with Gasteiger partial charge in [0.05, 0.1) is 19.8 Å². The molecule has 2 heterocycles. The zero-order valence-corrected chi connectivity index (χ0v) is 23.8. The first-order chi connectivity index (χ1) is 17.5. The molecule has 0 spiro atoms. The van der Waals surface area contributed by atoms with E-state index >= 15 is 0 Å². The van der Waals surface area contributed by atoms with Gasteiger partial charge in [0.1, 0.15) is 11.6 Å². The van der Waals surface area contributed by atoms with E-state index in [0.717, 1.165) is 44.0 Å². The predicted molar refractivity (Wildman–Crippen MR) is 151 cm³/mol. The van der Waals surface area contributed by atoms with Gasteiger partial charge in [-0.05, 0) is 66.0 Å². The molecule has 0 aliphatic carbocycles. The fourth-order valence-electron chi connectivity index (χ4n) is 5.20. The first-order valence-electron chi connectivity index (χ1n) is 13.8. The molecule has 0 saturated heterocycles. The molecule has 37 heavy (non-hydrogen) atoms. The largest absolute Gasteiger partial charge is 0.494 e. The van der Waals surface area contributed by atoms with Crippen LogP contribution < -0.4 is 10.1 Å². The molecule has 204 valence electrons. The van der Waals surface area contributed by atoms with E-state index in [1.165, 1.54) is 11.1 Å². The molecule has 2 aromatic rings. The number of amides is 1. The summed E-state index contributed by atoms with van der Waals surface area (Å²) in [6.07, 6.45) is 5.12. The average molecular weight is 510 g/mol. The maximum absolute atomic E-state index is 13.0. The number of aromatic nitrogens is 1. The van der Waals surface area contributed by atoms with Crippen molar-refractivity contribution in [1.82, 2.24) is 9.88 Å². The number of anilines is 1. The highest BCUT2D eigenvalue weighted by molar-refractivity contribution is 5.77. The molecule has 0 fully saturated rings. The molecule has 6 nitrogen and oxygen atoms in total. The Bertz CT molecular complexity index is 988. The lowest BCUT2D eigenvalue weighted by atomic mass is 9.85. The Morgan fingerprint density at radius 3 is 2.54 bits per heavy atom. The average Bonchev–Trinajstić information content (AvgIpc) is 2.96. The zero-order chi connectivity index (χ0) is 26.9. The summed E-state index contributed by atoms with van der Waals surface area (Å²) in [5.41, 5.74) is 2.46. The third kappa shape index (κ3) is 9.99. The summed E-state index contributed by atoms with van der Waals surface area (Å²) in [5.74, 6) is 2.61. The zero-order valence-electron chi connectivity index (χ0n) is 23.8. The second-order valence-corrected chi connectivity index (χ2v) is 12.4. The lowest BCUT2D eigenvalue weighted by Crippen LogP contribution is -2.40. The summed E-state index contributed by atoms with van der Waals surface area (Å²) in [5, 5.41) is 3.31. The van der Waals surface area contributed by atoms with E-state index in [9.17, 15) is 4.79 Å². The van der Waals surface area contributed by atoms with Gasteiger partial charge in [-0.25, -0.2) is 4.98 Å². The van der Waals surface area contributed by atoms with E-state index in [-0.39, 0.29) is 16.7 Å². The van der Waals surface area contributed by atoms with Crippen molar-refractivity contribution in [2.75, 3.05) is 38.2 Å². The van der Waals surface area contributed by atoms with Gasteiger partial charge in [0.25, 0.3) is 0 Å². The topological polar surface area (TPSA) is 63.7 Å². The van der Waals surface area contributed by atoms with Crippen molar-refractivity contribution in [3.8, 4) is 5.75 Å². The smallest absolute Gasteiger partial charge is 0.223 e. The third-order valence-corrected chi connectivity index (χ3v) is 6.63. The molecule has 0 atom stereocenters. The monoisotopic (exact) mass is 509 g/mol. The highest BCUT2D eigenvalue weighted by Crippen LogP contribution is 2.29. The van der Waals surface area contributed by atoms with Crippen LogP contribution >= 0.6 is 0 Å². The molecule has 1 amide bonds. The molecule has 1 aliphatic rings. The van der Waals surface area contributed by atoms with E-state index in [4.69, 9.17) is 9.47 Å². The number of hydrogen-bond acceptors (Lipinski definition) is 5. The summed E-state index contributed by atoms with van der Waals surface area (Å²) >= 11 is 0. The van der Waals surface area contributed by atoms with Gasteiger partial charge in [-0.15, -0.1) is 0 Å². The van der Waals surface area contributed by atoms with Crippen molar-refractivity contribution in [2.24, 2.45) is 16.7 Å². The molecule has 3 rings (SSSR count). The van der Waals surface area contributed by atoms with Gasteiger partial charge < -0.3 is 19.7 Å². The van der Waals surface area contributed by atoms with E-state index in [1.54, 1.807) is 6.20 Å². The van der Waals surface area contributed by atoms with Gasteiger partial charge in [0.2, 0.25) is 5.91 Å². The van der Waals surface area contributed by atoms with Gasteiger partial charge in [-0.3, -0.25) is 4.79 Å². The van der Waals surface area contributed by atoms with Gasteiger partial charge in [0, 0.05) is 37.7 Å². The van der Waals surface area contributed by atoms with Crippen LogP contribution in [0.5, 0.6) is 5.75 Å². The molecule has 0 unspecified atom stereocenters. The highest BCUT2D eigenvalue weighted by Gasteiger charge is 2.29. The second kappa shape index (κ2) is 13.3. The van der Waals surface area contributed by atoms with Crippen molar-refractivity contribution in [2.45, 2.75) is 73.8 Å². The van der Waals surface area contributed by atoms with Crippen LogP contribution in [-0.2, 0) is 22.5 Å². The number of pyridine rings is 1. The molecule has 0 bridgehead atoms. The highest BCUT2D eigenvalue weighted by atomic mass is 16.5. The molecule has 6 heteroatoms. The Morgan fingerprint density at radius 2 is 1.81 bits per heavy atom. The SMILES string of the molecule is CC(C)CC(C)(C)COCC(C)(C)CN1Cc2cc(OCCCNc3ccccn3)ccc2CCC1=O. The molecule has 0 radical (unpaired) electrons. The second-order valence-electron chi connectivity index (χ2n) is 12.4. The van der Waals surface area contributed by atoms with Crippen molar-refractivity contribution in [3.63, 3.8) is 0 Å². The Labute approximate surface area is 224 Å². The number of benzene rings is 1. The van der Waals surface area contributed by atoms with Crippen LogP contribution in [0.25, 0.3) is 0 Å². The maximum atomic E-state index is 13.0. The van der Waals surface area contributed by atoms with Crippen LogP contribution in [0.3, 0.4) is 0 Å². The maximum Gasteiger partial charge on any atom is 0.223 e. The summed E-state index contributed by atoms with van der Waals surface area (Å²) in [7, 11) is 0. The normalized spacial score (nSPS) is 14.5. The first-order valence-corrected chi connectivity index (χ1v) is 13.8. The van der Waals surface area contributed by atoms with Crippen LogP contribution in [-0.4, -0.2) is 48.7 Å². The van der Waals surface area contributed by atoms with Gasteiger partial charge >= 0.3 is 0 Å². The minimum atomic E-state index is -0.122. The summed E-state index contributed by atoms with van der Waals surface area (Å²) < 4.78 is 12.2. The number of ether oxygens (including phenoxy) is 2. The predicted octanol–water partition coefficient (Wildman–Crippen LogP) is 6.35. The Morgan fingerprint density at radius 1 is 1.03 bits per heavy atom. The van der Waals surface area contributed by atoms with Crippen molar-refractivity contribution in [3.05, 3.63) is 53.7 Å². The van der Waals surface area contributed by atoms with Crippen LogP contribution in [0.1, 0.15) is 71.9 Å². The number of carbonyl (C=O) groups is 1. The number of nitrogens with one attached hydrogen (secondary N) is 1. The van der Waals surface area contributed by atoms with Crippen molar-refractivity contribution >= 4 is 11.7 Å². The fraction of sp³-hybridized carbons (Fsp3) is 0.613. The number of aryl methyl sites for hydroxylation is 1. The Kier molecular flexibility index (Phi) is 10.4. The molecule has 1 aliphatic heterocycles. The van der Waals surface area contributed by atoms with E-state index < -0.39 is 0 Å². The van der Waals surface area contributed by atoms with Gasteiger partial charge in [-0.2, -0.15) is 0 Å². The number of carbonyl (C=O) groups excluding carboxylic acids is 1.